The molecular formula is C12H19FN4O. The molecule has 5 nitrogen and oxygen atoms in total. The van der Waals surface area contributed by atoms with E-state index in [1.165, 1.54) is 12.3 Å². The van der Waals surface area contributed by atoms with Crippen LogP contribution in [0.3, 0.4) is 0 Å². The zero-order valence-electron chi connectivity index (χ0n) is 10.9. The second-order valence-corrected chi connectivity index (χ2v) is 4.05. The molecule has 18 heavy (non-hydrogen) atoms. The molecule has 1 amide bonds. The lowest BCUT2D eigenvalue weighted by Gasteiger charge is -2.26. The van der Waals surface area contributed by atoms with Gasteiger partial charge in [-0.15, -0.1) is 0 Å². The Kier molecular flexibility index (Phi) is 5.03. The van der Waals surface area contributed by atoms with E-state index in [9.17, 15) is 9.18 Å². The molecule has 0 saturated heterocycles. The van der Waals surface area contributed by atoms with Crippen LogP contribution in [0.25, 0.3) is 0 Å². The van der Waals surface area contributed by atoms with Gasteiger partial charge < -0.3 is 10.3 Å². The van der Waals surface area contributed by atoms with Crippen molar-refractivity contribution >= 4 is 11.7 Å². The Morgan fingerprint density at radius 2 is 2.17 bits per heavy atom. The highest BCUT2D eigenvalue weighted by atomic mass is 19.1. The quantitative estimate of drug-likeness (QED) is 0.620. The fourth-order valence-electron chi connectivity index (χ4n) is 1.90. The molecule has 1 rings (SSSR count). The molecule has 6 heteroatoms. The van der Waals surface area contributed by atoms with Crippen LogP contribution in [0.4, 0.5) is 10.2 Å². The number of halogens is 1. The number of hydrogen-bond acceptors (Lipinski definition) is 4. The van der Waals surface area contributed by atoms with Crippen LogP contribution < -0.4 is 11.3 Å². The monoisotopic (exact) mass is 254 g/mol. The Bertz CT molecular complexity index is 421. The van der Waals surface area contributed by atoms with Crippen LogP contribution in [0.2, 0.25) is 0 Å². The summed E-state index contributed by atoms with van der Waals surface area (Å²) in [6.07, 6.45) is 3.01. The summed E-state index contributed by atoms with van der Waals surface area (Å²) in [5.74, 6) is 3.92. The lowest BCUT2D eigenvalue weighted by Crippen LogP contribution is -2.36. The summed E-state index contributed by atoms with van der Waals surface area (Å²) in [6.45, 7) is 3.99. The highest BCUT2D eigenvalue weighted by molar-refractivity contribution is 5.95. The second kappa shape index (κ2) is 6.30. The van der Waals surface area contributed by atoms with Crippen LogP contribution in [0.15, 0.2) is 12.3 Å². The van der Waals surface area contributed by atoms with Crippen molar-refractivity contribution in [2.45, 2.75) is 32.7 Å². The van der Waals surface area contributed by atoms with Crippen LogP contribution in [0.5, 0.6) is 0 Å². The summed E-state index contributed by atoms with van der Waals surface area (Å²) in [7, 11) is 1.68. The Hall–Kier alpha value is -1.69. The number of rotatable bonds is 5. The first-order valence-corrected chi connectivity index (χ1v) is 5.95. The Balaban J connectivity index is 3.03. The van der Waals surface area contributed by atoms with Crippen molar-refractivity contribution < 1.29 is 9.18 Å². The van der Waals surface area contributed by atoms with Gasteiger partial charge in [-0.05, 0) is 18.9 Å². The zero-order valence-corrected chi connectivity index (χ0v) is 10.9. The number of nitrogens with two attached hydrogens (primary N) is 1. The highest BCUT2D eigenvalue weighted by Crippen LogP contribution is 2.18. The van der Waals surface area contributed by atoms with E-state index in [0.29, 0.717) is 0 Å². The molecule has 0 spiro atoms. The molecule has 0 aromatic carbocycles. The molecule has 0 unspecified atom stereocenters. The number of nitrogens with zero attached hydrogens (tertiary/aromatic N) is 2. The number of aromatic nitrogens is 1. The molecule has 100 valence electrons. The largest absolute Gasteiger partial charge is 0.339 e. The Morgan fingerprint density at radius 1 is 1.56 bits per heavy atom. The number of amides is 1. The average Bonchev–Trinajstić information content (AvgIpc) is 2.39. The van der Waals surface area contributed by atoms with Gasteiger partial charge in [0.2, 0.25) is 0 Å². The summed E-state index contributed by atoms with van der Waals surface area (Å²) < 4.78 is 13.9. The van der Waals surface area contributed by atoms with Crippen LogP contribution in [0.1, 0.15) is 37.0 Å². The maximum atomic E-state index is 13.9. The van der Waals surface area contributed by atoms with Gasteiger partial charge >= 0.3 is 0 Å². The van der Waals surface area contributed by atoms with E-state index in [1.54, 1.807) is 11.9 Å². The van der Waals surface area contributed by atoms with E-state index in [-0.39, 0.29) is 23.3 Å². The first kappa shape index (κ1) is 14.4. The molecule has 0 aliphatic rings. The van der Waals surface area contributed by atoms with E-state index in [4.69, 9.17) is 5.84 Å². The Labute approximate surface area is 106 Å². The molecule has 1 aromatic rings. The second-order valence-electron chi connectivity index (χ2n) is 4.05. The third-order valence-electron chi connectivity index (χ3n) is 3.07. The highest BCUT2D eigenvalue weighted by Gasteiger charge is 2.22. The van der Waals surface area contributed by atoms with E-state index in [1.807, 2.05) is 13.8 Å². The van der Waals surface area contributed by atoms with Crippen LogP contribution in [-0.2, 0) is 0 Å². The number of nitrogen functional groups attached to an aromatic ring is 1. The first-order valence-electron chi connectivity index (χ1n) is 5.95. The SMILES string of the molecule is CCC(CC)N(C)C(=O)c1ccnc(NN)c1F. The van der Waals surface area contributed by atoms with Crippen molar-refractivity contribution in [1.29, 1.82) is 0 Å². The molecule has 1 aromatic heterocycles. The summed E-state index contributed by atoms with van der Waals surface area (Å²) >= 11 is 0. The normalized spacial score (nSPS) is 10.6. The van der Waals surface area contributed by atoms with Crippen molar-refractivity contribution in [2.24, 2.45) is 5.84 Å². The average molecular weight is 254 g/mol. The predicted molar refractivity (Wildman–Crippen MR) is 68.5 cm³/mol. The predicted octanol–water partition coefficient (Wildman–Crippen LogP) is 1.77. The number of anilines is 1. The van der Waals surface area contributed by atoms with Crippen molar-refractivity contribution in [1.82, 2.24) is 9.88 Å². The third-order valence-corrected chi connectivity index (χ3v) is 3.07. The Morgan fingerprint density at radius 3 is 2.67 bits per heavy atom. The number of carbonyl (C=O) groups is 1. The van der Waals surface area contributed by atoms with E-state index in [0.717, 1.165) is 12.8 Å². The fraction of sp³-hybridized carbons (Fsp3) is 0.500. The van der Waals surface area contributed by atoms with Gasteiger partial charge in [0, 0.05) is 19.3 Å². The van der Waals surface area contributed by atoms with Gasteiger partial charge in [-0.2, -0.15) is 0 Å². The summed E-state index contributed by atoms with van der Waals surface area (Å²) in [5.41, 5.74) is 2.11. The van der Waals surface area contributed by atoms with E-state index < -0.39 is 5.82 Å². The molecule has 0 aliphatic heterocycles. The van der Waals surface area contributed by atoms with E-state index in [2.05, 4.69) is 10.4 Å². The first-order chi connectivity index (χ1) is 8.56. The maximum absolute atomic E-state index is 13.9. The number of carbonyl (C=O) groups excluding carboxylic acids is 1. The van der Waals surface area contributed by atoms with Crippen molar-refractivity contribution in [3.8, 4) is 0 Å². The van der Waals surface area contributed by atoms with Crippen LogP contribution in [0, 0.1) is 5.82 Å². The van der Waals surface area contributed by atoms with E-state index >= 15 is 0 Å². The lowest BCUT2D eigenvalue weighted by molar-refractivity contribution is 0.0719. The maximum Gasteiger partial charge on any atom is 0.257 e. The standard InChI is InChI=1S/C12H19FN4O/c1-4-8(5-2)17(3)12(18)9-6-7-15-11(16-14)10(9)13/h6-8H,4-5,14H2,1-3H3,(H,15,16). The molecule has 1 heterocycles. The van der Waals surface area contributed by atoms with Crippen molar-refractivity contribution in [3.63, 3.8) is 0 Å². The van der Waals surface area contributed by atoms with Crippen LogP contribution >= 0.6 is 0 Å². The minimum atomic E-state index is -0.720. The fourth-order valence-corrected chi connectivity index (χ4v) is 1.90. The van der Waals surface area contributed by atoms with Crippen molar-refractivity contribution in [2.75, 3.05) is 12.5 Å². The molecule has 3 N–H and O–H groups in total. The smallest absolute Gasteiger partial charge is 0.257 e. The van der Waals surface area contributed by atoms with Gasteiger partial charge in [0.1, 0.15) is 0 Å². The number of hydrazine groups is 1. The van der Waals surface area contributed by atoms with Gasteiger partial charge in [-0.25, -0.2) is 15.2 Å². The van der Waals surface area contributed by atoms with Gasteiger partial charge in [-0.1, -0.05) is 13.8 Å². The molecule has 0 aliphatic carbocycles. The summed E-state index contributed by atoms with van der Waals surface area (Å²) in [4.78, 5) is 17.4. The van der Waals surface area contributed by atoms with Gasteiger partial charge in [-0.3, -0.25) is 4.79 Å². The lowest BCUT2D eigenvalue weighted by atomic mass is 10.1. The summed E-state index contributed by atoms with van der Waals surface area (Å²) in [6, 6.07) is 1.46. The minimum Gasteiger partial charge on any atom is -0.339 e. The molecule has 0 radical (unpaired) electrons. The molecule has 0 saturated carbocycles. The molecule has 0 fully saturated rings. The third kappa shape index (κ3) is 2.76. The number of nitrogens with one attached hydrogen (secondary N) is 1. The molecule has 0 atom stereocenters. The van der Waals surface area contributed by atoms with Gasteiger partial charge in [0.05, 0.1) is 5.56 Å². The van der Waals surface area contributed by atoms with Gasteiger partial charge in [0.25, 0.3) is 5.91 Å². The van der Waals surface area contributed by atoms with Gasteiger partial charge in [0.15, 0.2) is 11.6 Å². The van der Waals surface area contributed by atoms with Crippen molar-refractivity contribution in [3.05, 3.63) is 23.6 Å². The molecular weight excluding hydrogens is 235 g/mol. The zero-order chi connectivity index (χ0) is 13.7. The number of pyridine rings is 1. The summed E-state index contributed by atoms with van der Waals surface area (Å²) in [5, 5.41) is 0. The van der Waals surface area contributed by atoms with Crippen LogP contribution in [-0.4, -0.2) is 28.9 Å². The number of hydrogen-bond donors (Lipinski definition) is 2. The molecule has 0 bridgehead atoms. The topological polar surface area (TPSA) is 71.2 Å². The minimum absolute atomic E-state index is 0.0210.